The summed E-state index contributed by atoms with van der Waals surface area (Å²) in [7, 11) is 0. The van der Waals surface area contributed by atoms with Crippen molar-refractivity contribution in [1.82, 2.24) is 31.9 Å². The van der Waals surface area contributed by atoms with Gasteiger partial charge in [0, 0.05) is 22.6 Å². The normalized spacial score (nSPS) is 22.7. The van der Waals surface area contributed by atoms with Crippen LogP contribution >= 0.6 is 11.6 Å². The van der Waals surface area contributed by atoms with Gasteiger partial charge in [-0.3, -0.25) is 33.6 Å². The van der Waals surface area contributed by atoms with E-state index in [1.54, 1.807) is 6.92 Å². The van der Waals surface area contributed by atoms with Gasteiger partial charge in [-0.15, -0.1) is 0 Å². The molecule has 7 amide bonds. The van der Waals surface area contributed by atoms with Crippen LogP contribution in [-0.2, 0) is 38.4 Å². The van der Waals surface area contributed by atoms with Gasteiger partial charge in [-0.05, 0) is 102 Å². The number of primary amides is 1. The lowest BCUT2D eigenvalue weighted by atomic mass is 9.88. The molecule has 5 aromatic rings. The average Bonchev–Trinajstić information content (AvgIpc) is 3.45. The van der Waals surface area contributed by atoms with Crippen molar-refractivity contribution in [3.05, 3.63) is 117 Å². The van der Waals surface area contributed by atoms with Crippen molar-refractivity contribution in [2.24, 2.45) is 17.6 Å². The quantitative estimate of drug-likeness (QED) is 0.104. The topological polar surface area (TPSA) is 375 Å². The minimum atomic E-state index is -2.09. The second kappa shape index (κ2) is 22.3. The number of amides is 7. The number of rotatable bonds is 7. The number of hydrogen-bond donors (Lipinski definition) is 13. The minimum Gasteiger partial charge on any atom is -0.508 e. The highest BCUT2D eigenvalue weighted by molar-refractivity contribution is 6.32. The molecular formula is C54H54ClN7O16. The second-order valence-electron chi connectivity index (χ2n) is 19.6. The Bertz CT molecular complexity index is 3280. The van der Waals surface area contributed by atoms with E-state index in [1.165, 1.54) is 55.5 Å². The number of halogens is 1. The van der Waals surface area contributed by atoms with Crippen LogP contribution < -0.4 is 47.1 Å². The maximum atomic E-state index is 15.3. The molecule has 0 saturated carbocycles. The molecule has 0 saturated heterocycles. The van der Waals surface area contributed by atoms with Gasteiger partial charge in [0.2, 0.25) is 47.1 Å². The Hall–Kier alpha value is -8.93. The van der Waals surface area contributed by atoms with Crippen LogP contribution in [0.2, 0.25) is 5.02 Å². The molecular weight excluding hydrogens is 1040 g/mol. The number of aliphatic hydroxyl groups is 2. The first-order valence-corrected chi connectivity index (χ1v) is 24.7. The zero-order chi connectivity index (χ0) is 56.6. The standard InChI is InChI=1S/C54H54ClN7O16/c1-21(2)13-22(3)49(71)61-44-47(69)26-8-12-36(31(55)15-26)78-38-17-27-16-37(48(38)70)77-28-9-5-24(6-10-28)46(68)43-54(76)58-33(20-63)29-18-35(65)23(4)45(67)40(29)30-14-25(7-11-34(30)64)41(51(73)62-43)60-52(74)42(27)59-50(72)32(19-39(56)66)57-53(44)75/h5-12,14-18,20-22,32-33,41-44,46-47,64-65,67-70H,13,19H2,1-4H3,(H2,56,66)(H,57,75)(H,58,76)(H,59,72)(H,60,74)(H,61,71)(H,62,73). The van der Waals surface area contributed by atoms with E-state index in [-0.39, 0.29) is 73.2 Å². The largest absolute Gasteiger partial charge is 0.508 e. The molecule has 5 aliphatic rings. The van der Waals surface area contributed by atoms with Crippen LogP contribution in [0, 0.1) is 18.8 Å². The van der Waals surface area contributed by atoms with E-state index in [0.29, 0.717) is 6.42 Å². The molecule has 0 fully saturated rings. The van der Waals surface area contributed by atoms with Crippen LogP contribution in [0.4, 0.5) is 0 Å². The van der Waals surface area contributed by atoms with Gasteiger partial charge in [0.25, 0.3) is 0 Å². The first-order valence-electron chi connectivity index (χ1n) is 24.4. The minimum absolute atomic E-state index is 0.0170. The van der Waals surface area contributed by atoms with E-state index < -0.39 is 137 Å². The van der Waals surface area contributed by atoms with Gasteiger partial charge in [0.1, 0.15) is 83.5 Å². The Morgan fingerprint density at radius 2 is 1.31 bits per heavy atom. The monoisotopic (exact) mass is 1090 g/mol. The van der Waals surface area contributed by atoms with E-state index >= 15 is 4.79 Å². The van der Waals surface area contributed by atoms with Gasteiger partial charge < -0.3 is 82.5 Å². The number of aldehydes is 1. The Kier molecular flexibility index (Phi) is 15.8. The number of aliphatic hydroxyl groups excluding tert-OH is 2. The Morgan fingerprint density at radius 1 is 0.679 bits per heavy atom. The molecule has 11 bridgehead atoms. The molecule has 10 rings (SSSR count). The van der Waals surface area contributed by atoms with Crippen molar-refractivity contribution < 1.29 is 78.5 Å². The van der Waals surface area contributed by atoms with Crippen molar-refractivity contribution in [3.63, 3.8) is 0 Å². The van der Waals surface area contributed by atoms with Crippen molar-refractivity contribution in [2.45, 2.75) is 89.0 Å². The average molecular weight is 1090 g/mol. The molecule has 0 aromatic heterocycles. The second-order valence-corrected chi connectivity index (χ2v) is 20.0. The number of fused-ring (bicyclic) bond motifs is 15. The maximum Gasteiger partial charge on any atom is 0.248 e. The number of carbonyl (C=O) groups is 8. The van der Waals surface area contributed by atoms with Gasteiger partial charge in [0.15, 0.2) is 11.5 Å². The summed E-state index contributed by atoms with van der Waals surface area (Å²) in [6.07, 6.45) is -4.15. The third-order valence-corrected chi connectivity index (χ3v) is 13.8. The molecule has 9 atom stereocenters. The smallest absolute Gasteiger partial charge is 0.248 e. The van der Waals surface area contributed by atoms with Crippen molar-refractivity contribution in [1.29, 1.82) is 0 Å². The summed E-state index contributed by atoms with van der Waals surface area (Å²) < 4.78 is 12.3. The van der Waals surface area contributed by atoms with Gasteiger partial charge in [-0.25, -0.2) is 0 Å². The molecule has 0 radical (unpaired) electrons. The highest BCUT2D eigenvalue weighted by atomic mass is 35.5. The maximum absolute atomic E-state index is 15.3. The lowest BCUT2D eigenvalue weighted by Crippen LogP contribution is -2.58. The first kappa shape index (κ1) is 55.3. The molecule has 408 valence electrons. The van der Waals surface area contributed by atoms with E-state index in [2.05, 4.69) is 31.9 Å². The number of nitrogens with two attached hydrogens (primary N) is 1. The number of carbonyl (C=O) groups excluding carboxylic acids is 8. The van der Waals surface area contributed by atoms with E-state index in [9.17, 15) is 64.2 Å². The number of hydrogen-bond acceptors (Lipinski definition) is 16. The molecule has 5 aliphatic heterocycles. The lowest BCUT2D eigenvalue weighted by Gasteiger charge is -2.31. The van der Waals surface area contributed by atoms with Crippen LogP contribution in [0.5, 0.6) is 46.0 Å². The predicted molar refractivity (Wildman–Crippen MR) is 275 cm³/mol. The molecule has 78 heavy (non-hydrogen) atoms. The van der Waals surface area contributed by atoms with Gasteiger partial charge >= 0.3 is 0 Å². The number of ether oxygens (including phenoxy) is 2. The van der Waals surface area contributed by atoms with Gasteiger partial charge in [0.05, 0.1) is 11.4 Å². The highest BCUT2D eigenvalue weighted by Gasteiger charge is 2.41. The highest BCUT2D eigenvalue weighted by Crippen LogP contribution is 2.48. The first-order chi connectivity index (χ1) is 36.9. The molecule has 0 spiro atoms. The zero-order valence-electron chi connectivity index (χ0n) is 42.0. The molecule has 5 aromatic carbocycles. The Balaban J connectivity index is 1.35. The number of phenols is 4. The van der Waals surface area contributed by atoms with Gasteiger partial charge in [-0.1, -0.05) is 56.6 Å². The summed E-state index contributed by atoms with van der Waals surface area (Å²) >= 11 is 6.75. The Morgan fingerprint density at radius 3 is 1.96 bits per heavy atom. The molecule has 23 nitrogen and oxygen atoms in total. The van der Waals surface area contributed by atoms with Crippen LogP contribution in [-0.4, -0.2) is 96.4 Å². The summed E-state index contributed by atoms with van der Waals surface area (Å²) in [5, 5.41) is 84.0. The summed E-state index contributed by atoms with van der Waals surface area (Å²) in [6, 6.07) is 4.01. The summed E-state index contributed by atoms with van der Waals surface area (Å²) in [4.78, 5) is 113. The van der Waals surface area contributed by atoms with Crippen molar-refractivity contribution in [2.75, 3.05) is 0 Å². The van der Waals surface area contributed by atoms with E-state index in [1.807, 2.05) is 13.8 Å². The fourth-order valence-corrected chi connectivity index (χ4v) is 9.63. The third-order valence-electron chi connectivity index (χ3n) is 13.5. The molecule has 9 unspecified atom stereocenters. The number of aromatic hydroxyl groups is 4. The van der Waals surface area contributed by atoms with Crippen molar-refractivity contribution >= 4 is 59.2 Å². The van der Waals surface area contributed by atoms with Crippen LogP contribution in [0.1, 0.15) is 97.3 Å². The van der Waals surface area contributed by atoms with Crippen LogP contribution in [0.3, 0.4) is 0 Å². The molecule has 0 aliphatic carbocycles. The SMILES string of the molecule is Cc1c(O)cc2c(c1O)-c1cc(ccc1O)C1NC(=O)C3NC(=O)C(CC(N)=O)NC(=O)C(NC(=O)C(C)CC(C)C)C(O)c4ccc(c(Cl)c4)Oc4cc3cc(c4O)Oc3ccc(cc3)C(O)C(NC1=O)C(=O)NC2C=O. The van der Waals surface area contributed by atoms with E-state index in [0.717, 1.165) is 30.3 Å². The number of phenolic OH excluding ortho intramolecular Hbond substituents is 4. The summed E-state index contributed by atoms with van der Waals surface area (Å²) in [6.45, 7) is 6.66. The third kappa shape index (κ3) is 11.3. The number of nitrogens with one attached hydrogen (secondary N) is 6. The van der Waals surface area contributed by atoms with Crippen LogP contribution in [0.25, 0.3) is 11.1 Å². The van der Waals surface area contributed by atoms with Crippen molar-refractivity contribution in [3.8, 4) is 57.1 Å². The van der Waals surface area contributed by atoms with Crippen LogP contribution in [0.15, 0.2) is 78.9 Å². The number of benzene rings is 5. The molecule has 24 heteroatoms. The lowest BCUT2D eigenvalue weighted by molar-refractivity contribution is -0.138. The molecule has 5 heterocycles. The summed E-state index contributed by atoms with van der Waals surface area (Å²) in [5.41, 5.74) is 4.14. The molecule has 14 N–H and O–H groups in total. The zero-order valence-corrected chi connectivity index (χ0v) is 42.7. The summed E-state index contributed by atoms with van der Waals surface area (Å²) in [5.74, 6) is -12.3. The predicted octanol–water partition coefficient (Wildman–Crippen LogP) is 3.21. The fraction of sp³-hybridized carbons (Fsp3) is 0.296. The van der Waals surface area contributed by atoms with E-state index in [4.69, 9.17) is 26.8 Å². The van der Waals surface area contributed by atoms with Gasteiger partial charge in [-0.2, -0.15) is 0 Å². The Labute approximate surface area is 449 Å². The fourth-order valence-electron chi connectivity index (χ4n) is 9.40.